The lowest BCUT2D eigenvalue weighted by Crippen LogP contribution is -2.42. The number of nitrogens with one attached hydrogen (secondary N) is 1. The van der Waals surface area contributed by atoms with Crippen molar-refractivity contribution in [2.24, 2.45) is 0 Å². The van der Waals surface area contributed by atoms with E-state index >= 15 is 0 Å². The summed E-state index contributed by atoms with van der Waals surface area (Å²) in [7, 11) is 0. The summed E-state index contributed by atoms with van der Waals surface area (Å²) in [6.45, 7) is 2.83. The average Bonchev–Trinajstić information content (AvgIpc) is 2.94. The van der Waals surface area contributed by atoms with Gasteiger partial charge in [-0.25, -0.2) is 0 Å². The highest BCUT2D eigenvalue weighted by atomic mass is 127. The van der Waals surface area contributed by atoms with Crippen LogP contribution in [0.1, 0.15) is 21.5 Å². The number of fused-ring (bicyclic) bond motifs is 1. The Balaban J connectivity index is 1.75. The van der Waals surface area contributed by atoms with E-state index in [4.69, 9.17) is 12.2 Å². The molecule has 2 aromatic rings. The van der Waals surface area contributed by atoms with Crippen molar-refractivity contribution in [3.63, 3.8) is 0 Å². The van der Waals surface area contributed by atoms with E-state index in [1.54, 1.807) is 0 Å². The van der Waals surface area contributed by atoms with Gasteiger partial charge in [-0.1, -0.05) is 24.3 Å². The molecule has 1 heterocycles. The molecule has 1 aliphatic heterocycles. The molecule has 0 unspecified atom stereocenters. The lowest BCUT2D eigenvalue weighted by atomic mass is 10.1. The minimum Gasteiger partial charge on any atom is -0.318 e. The molecule has 5 heteroatoms. The van der Waals surface area contributed by atoms with E-state index in [-0.39, 0.29) is 5.91 Å². The van der Waals surface area contributed by atoms with Crippen molar-refractivity contribution in [3.05, 3.63) is 62.7 Å². The highest BCUT2D eigenvalue weighted by Crippen LogP contribution is 2.27. The van der Waals surface area contributed by atoms with Crippen LogP contribution in [0.5, 0.6) is 0 Å². The minimum absolute atomic E-state index is 0.160. The summed E-state index contributed by atoms with van der Waals surface area (Å²) >= 11 is 7.65. The third kappa shape index (κ3) is 3.01. The Hall–Kier alpha value is -1.47. The van der Waals surface area contributed by atoms with Gasteiger partial charge >= 0.3 is 0 Å². The maximum atomic E-state index is 12.4. The van der Waals surface area contributed by atoms with E-state index in [1.165, 1.54) is 5.56 Å². The Morgan fingerprint density at radius 2 is 2.05 bits per heavy atom. The molecule has 112 valence electrons. The zero-order valence-corrected chi connectivity index (χ0v) is 15.1. The van der Waals surface area contributed by atoms with Crippen LogP contribution < -0.4 is 10.2 Å². The predicted octanol–water partition coefficient (Wildman–Crippen LogP) is 3.68. The van der Waals surface area contributed by atoms with Gasteiger partial charge in [-0.2, -0.15) is 0 Å². The number of nitrogens with zero attached hydrogens (tertiary/aromatic N) is 1. The van der Waals surface area contributed by atoms with Gasteiger partial charge in [0.25, 0.3) is 5.91 Å². The molecule has 0 saturated carbocycles. The Kier molecular flexibility index (Phi) is 4.44. The number of carbonyl (C=O) groups excluding carboxylic acids is 1. The second kappa shape index (κ2) is 6.34. The molecule has 3 rings (SSSR count). The van der Waals surface area contributed by atoms with Gasteiger partial charge in [-0.15, -0.1) is 0 Å². The first-order chi connectivity index (χ1) is 10.6. The fraction of sp³-hybridized carbons (Fsp3) is 0.176. The SMILES string of the molecule is Cc1ccc(C(=O)NC(=S)N2CCc3ccccc32)cc1I. The highest BCUT2D eigenvalue weighted by molar-refractivity contribution is 14.1. The topological polar surface area (TPSA) is 32.3 Å². The average molecular weight is 422 g/mol. The van der Waals surface area contributed by atoms with Crippen LogP contribution in [-0.2, 0) is 6.42 Å². The number of hydrogen-bond donors (Lipinski definition) is 1. The molecule has 2 aromatic carbocycles. The first kappa shape index (κ1) is 15.4. The van der Waals surface area contributed by atoms with Gasteiger partial charge in [0.1, 0.15) is 0 Å². The lowest BCUT2D eigenvalue weighted by molar-refractivity contribution is 0.0977. The summed E-state index contributed by atoms with van der Waals surface area (Å²) in [6.07, 6.45) is 0.953. The van der Waals surface area contributed by atoms with E-state index in [0.29, 0.717) is 10.7 Å². The second-order valence-corrected chi connectivity index (χ2v) is 6.80. The molecule has 22 heavy (non-hydrogen) atoms. The molecule has 1 amide bonds. The molecule has 0 radical (unpaired) electrons. The summed E-state index contributed by atoms with van der Waals surface area (Å²) in [5.41, 5.74) is 4.15. The van der Waals surface area contributed by atoms with Crippen molar-refractivity contribution >= 4 is 51.5 Å². The molecule has 3 nitrogen and oxygen atoms in total. The molecule has 0 atom stereocenters. The number of para-hydroxylation sites is 1. The molecule has 0 bridgehead atoms. The zero-order chi connectivity index (χ0) is 15.7. The van der Waals surface area contributed by atoms with Crippen molar-refractivity contribution in [1.82, 2.24) is 5.32 Å². The van der Waals surface area contributed by atoms with Gasteiger partial charge in [0.05, 0.1) is 0 Å². The van der Waals surface area contributed by atoms with Crippen LogP contribution in [0.15, 0.2) is 42.5 Å². The number of carbonyl (C=O) groups is 1. The quantitative estimate of drug-likeness (QED) is 0.562. The smallest absolute Gasteiger partial charge is 0.257 e. The Morgan fingerprint density at radius 1 is 1.27 bits per heavy atom. The molecular formula is C17H15IN2OS. The zero-order valence-electron chi connectivity index (χ0n) is 12.1. The van der Waals surface area contributed by atoms with E-state index in [2.05, 4.69) is 34.0 Å². The van der Waals surface area contributed by atoms with E-state index < -0.39 is 0 Å². The van der Waals surface area contributed by atoms with Crippen LogP contribution in [0.25, 0.3) is 0 Å². The van der Waals surface area contributed by atoms with Crippen LogP contribution in [-0.4, -0.2) is 17.6 Å². The molecule has 0 spiro atoms. The number of hydrogen-bond acceptors (Lipinski definition) is 2. The number of anilines is 1. The summed E-state index contributed by atoms with van der Waals surface area (Å²) < 4.78 is 1.07. The third-order valence-corrected chi connectivity index (χ3v) is 5.27. The molecule has 1 aliphatic rings. The number of amides is 1. The summed E-state index contributed by atoms with van der Waals surface area (Å²) in [5.74, 6) is -0.160. The number of thiocarbonyl (C=S) groups is 1. The predicted molar refractivity (Wildman–Crippen MR) is 101 cm³/mol. The van der Waals surface area contributed by atoms with Crippen molar-refractivity contribution < 1.29 is 4.79 Å². The molecule has 0 saturated heterocycles. The van der Waals surface area contributed by atoms with Gasteiger partial charge in [0.2, 0.25) is 0 Å². The van der Waals surface area contributed by atoms with Gasteiger partial charge in [-0.3, -0.25) is 10.1 Å². The maximum Gasteiger partial charge on any atom is 0.257 e. The van der Waals surface area contributed by atoms with Crippen LogP contribution in [0, 0.1) is 10.5 Å². The standard InChI is InChI=1S/C17H15IN2OS/c1-11-6-7-13(10-14(11)18)16(21)19-17(22)20-9-8-12-4-2-3-5-15(12)20/h2-7,10H,8-9H2,1H3,(H,19,21,22). The molecular weight excluding hydrogens is 407 g/mol. The van der Waals surface area contributed by atoms with Crippen LogP contribution in [0.2, 0.25) is 0 Å². The molecule has 1 N–H and O–H groups in total. The monoisotopic (exact) mass is 422 g/mol. The van der Waals surface area contributed by atoms with Gasteiger partial charge in [-0.05, 0) is 77.5 Å². The Labute approximate surface area is 148 Å². The van der Waals surface area contributed by atoms with Gasteiger partial charge in [0.15, 0.2) is 5.11 Å². The fourth-order valence-corrected chi connectivity index (χ4v) is 3.32. The van der Waals surface area contributed by atoms with Crippen LogP contribution in [0.3, 0.4) is 0 Å². The largest absolute Gasteiger partial charge is 0.318 e. The summed E-state index contributed by atoms with van der Waals surface area (Å²) in [5, 5.41) is 3.30. The summed E-state index contributed by atoms with van der Waals surface area (Å²) in [4.78, 5) is 14.3. The van der Waals surface area contributed by atoms with Crippen molar-refractivity contribution in [1.29, 1.82) is 0 Å². The first-order valence-corrected chi connectivity index (χ1v) is 8.52. The van der Waals surface area contributed by atoms with Crippen molar-refractivity contribution in [3.8, 4) is 0 Å². The number of halogens is 1. The first-order valence-electron chi connectivity index (χ1n) is 7.03. The molecule has 0 fully saturated rings. The van der Waals surface area contributed by atoms with Crippen molar-refractivity contribution in [2.75, 3.05) is 11.4 Å². The third-order valence-electron chi connectivity index (χ3n) is 3.79. The maximum absolute atomic E-state index is 12.4. The second-order valence-electron chi connectivity index (χ2n) is 5.25. The van der Waals surface area contributed by atoms with E-state index in [9.17, 15) is 4.79 Å². The van der Waals surface area contributed by atoms with Crippen molar-refractivity contribution in [2.45, 2.75) is 13.3 Å². The Bertz CT molecular complexity index is 760. The molecule has 0 aliphatic carbocycles. The number of benzene rings is 2. The lowest BCUT2D eigenvalue weighted by Gasteiger charge is -2.20. The number of aryl methyl sites for hydroxylation is 1. The van der Waals surface area contributed by atoms with E-state index in [0.717, 1.165) is 27.8 Å². The van der Waals surface area contributed by atoms with Crippen LogP contribution in [0.4, 0.5) is 5.69 Å². The summed E-state index contributed by atoms with van der Waals surface area (Å²) in [6, 6.07) is 13.8. The minimum atomic E-state index is -0.160. The Morgan fingerprint density at radius 3 is 2.82 bits per heavy atom. The van der Waals surface area contributed by atoms with Gasteiger partial charge < -0.3 is 4.90 Å². The van der Waals surface area contributed by atoms with Gasteiger partial charge in [0, 0.05) is 21.4 Å². The molecule has 0 aromatic heterocycles. The van der Waals surface area contributed by atoms with E-state index in [1.807, 2.05) is 48.2 Å². The highest BCUT2D eigenvalue weighted by Gasteiger charge is 2.23. The fourth-order valence-electron chi connectivity index (χ4n) is 2.52. The van der Waals surface area contributed by atoms with Crippen LogP contribution >= 0.6 is 34.8 Å². The number of rotatable bonds is 1. The normalized spacial score (nSPS) is 12.9.